The average Bonchev–Trinajstić information content (AvgIpc) is 2.41. The van der Waals surface area contributed by atoms with Crippen LogP contribution >= 0.6 is 0 Å². The van der Waals surface area contributed by atoms with E-state index in [0.717, 1.165) is 58.9 Å². The van der Waals surface area contributed by atoms with Gasteiger partial charge in [0.1, 0.15) is 0 Å². The van der Waals surface area contributed by atoms with E-state index in [9.17, 15) is 0 Å². The lowest BCUT2D eigenvalue weighted by molar-refractivity contribution is 0.0373. The summed E-state index contributed by atoms with van der Waals surface area (Å²) in [4.78, 5) is 8.97. The summed E-state index contributed by atoms with van der Waals surface area (Å²) in [5.41, 5.74) is 5.91. The second-order valence-corrected chi connectivity index (χ2v) is 4.57. The first-order chi connectivity index (χ1) is 8.77. The van der Waals surface area contributed by atoms with Gasteiger partial charge >= 0.3 is 0 Å². The molecule has 0 aromatic carbocycles. The molecule has 1 aliphatic heterocycles. The first kappa shape index (κ1) is 15.2. The summed E-state index contributed by atoms with van der Waals surface area (Å²) in [6.45, 7) is 12.0. The molecule has 106 valence electrons. The van der Waals surface area contributed by atoms with Crippen LogP contribution in [0, 0.1) is 0 Å². The SMILES string of the molecule is CCN(CC)C(N)=NCCCCN1CCOCC1. The first-order valence-electron chi connectivity index (χ1n) is 7.12. The van der Waals surface area contributed by atoms with Gasteiger partial charge in [-0.2, -0.15) is 0 Å². The molecular weight excluding hydrogens is 228 g/mol. The number of nitrogens with two attached hydrogens (primary N) is 1. The van der Waals surface area contributed by atoms with Crippen molar-refractivity contribution in [1.82, 2.24) is 9.80 Å². The molecule has 0 aliphatic carbocycles. The molecule has 0 amide bonds. The van der Waals surface area contributed by atoms with Crippen molar-refractivity contribution in [2.45, 2.75) is 26.7 Å². The fourth-order valence-electron chi connectivity index (χ4n) is 2.11. The Kier molecular flexibility index (Phi) is 7.76. The maximum atomic E-state index is 5.91. The van der Waals surface area contributed by atoms with E-state index in [-0.39, 0.29) is 0 Å². The topological polar surface area (TPSA) is 54.1 Å². The lowest BCUT2D eigenvalue weighted by Crippen LogP contribution is -2.37. The summed E-state index contributed by atoms with van der Waals surface area (Å²) in [5.74, 6) is 0.686. The molecule has 0 saturated carbocycles. The number of unbranched alkanes of at least 4 members (excludes halogenated alkanes) is 1. The molecule has 18 heavy (non-hydrogen) atoms. The summed E-state index contributed by atoms with van der Waals surface area (Å²) < 4.78 is 5.32. The number of aliphatic imine (C=N–C) groups is 1. The van der Waals surface area contributed by atoms with Crippen LogP contribution < -0.4 is 5.73 Å². The van der Waals surface area contributed by atoms with Gasteiger partial charge in [0, 0.05) is 32.7 Å². The predicted molar refractivity (Wildman–Crippen MR) is 75.9 cm³/mol. The zero-order valence-electron chi connectivity index (χ0n) is 11.9. The minimum atomic E-state index is 0.686. The first-order valence-corrected chi connectivity index (χ1v) is 7.12. The average molecular weight is 256 g/mol. The molecule has 5 heteroatoms. The van der Waals surface area contributed by atoms with E-state index in [1.54, 1.807) is 0 Å². The van der Waals surface area contributed by atoms with E-state index < -0.39 is 0 Å². The molecule has 0 radical (unpaired) electrons. The summed E-state index contributed by atoms with van der Waals surface area (Å²) in [7, 11) is 0. The van der Waals surface area contributed by atoms with Crippen molar-refractivity contribution in [2.75, 3.05) is 52.5 Å². The van der Waals surface area contributed by atoms with Crippen LogP contribution in [0.1, 0.15) is 26.7 Å². The largest absolute Gasteiger partial charge is 0.379 e. The standard InChI is InChI=1S/C13H28N4O/c1-3-17(4-2)13(14)15-7-5-6-8-16-9-11-18-12-10-16/h3-12H2,1-2H3,(H2,14,15). The second-order valence-electron chi connectivity index (χ2n) is 4.57. The van der Waals surface area contributed by atoms with Crippen molar-refractivity contribution in [3.05, 3.63) is 0 Å². The van der Waals surface area contributed by atoms with Crippen molar-refractivity contribution in [1.29, 1.82) is 0 Å². The molecule has 0 bridgehead atoms. The van der Waals surface area contributed by atoms with E-state index in [2.05, 4.69) is 28.6 Å². The third-order valence-corrected chi connectivity index (χ3v) is 3.35. The van der Waals surface area contributed by atoms with Gasteiger partial charge in [-0.1, -0.05) is 0 Å². The van der Waals surface area contributed by atoms with E-state index >= 15 is 0 Å². The van der Waals surface area contributed by atoms with Crippen LogP contribution in [0.4, 0.5) is 0 Å². The summed E-state index contributed by atoms with van der Waals surface area (Å²) >= 11 is 0. The minimum absolute atomic E-state index is 0.686. The predicted octanol–water partition coefficient (Wildman–Crippen LogP) is 0.755. The van der Waals surface area contributed by atoms with Gasteiger partial charge in [-0.25, -0.2) is 0 Å². The minimum Gasteiger partial charge on any atom is -0.379 e. The number of rotatable bonds is 7. The Bertz CT molecular complexity index is 235. The lowest BCUT2D eigenvalue weighted by atomic mass is 10.3. The number of guanidine groups is 1. The van der Waals surface area contributed by atoms with E-state index in [0.29, 0.717) is 5.96 Å². The molecule has 1 heterocycles. The number of ether oxygens (including phenoxy) is 1. The van der Waals surface area contributed by atoms with E-state index in [1.165, 1.54) is 6.42 Å². The number of hydrogen-bond acceptors (Lipinski definition) is 3. The number of nitrogens with zero attached hydrogens (tertiary/aromatic N) is 3. The molecule has 2 N–H and O–H groups in total. The van der Waals surface area contributed by atoms with Gasteiger partial charge in [0.2, 0.25) is 0 Å². The monoisotopic (exact) mass is 256 g/mol. The maximum Gasteiger partial charge on any atom is 0.191 e. The quantitative estimate of drug-likeness (QED) is 0.415. The Morgan fingerprint density at radius 1 is 1.22 bits per heavy atom. The van der Waals surface area contributed by atoms with Gasteiger partial charge in [0.15, 0.2) is 5.96 Å². The van der Waals surface area contributed by atoms with Crippen LogP contribution in [-0.2, 0) is 4.74 Å². The molecule has 0 atom stereocenters. The molecule has 5 nitrogen and oxygen atoms in total. The fourth-order valence-corrected chi connectivity index (χ4v) is 2.11. The number of morpholine rings is 1. The zero-order chi connectivity index (χ0) is 13.2. The van der Waals surface area contributed by atoms with Crippen molar-refractivity contribution in [3.63, 3.8) is 0 Å². The van der Waals surface area contributed by atoms with Crippen LogP contribution in [-0.4, -0.2) is 68.2 Å². The molecule has 1 aliphatic rings. The van der Waals surface area contributed by atoms with Crippen LogP contribution in [0.15, 0.2) is 4.99 Å². The molecule has 1 saturated heterocycles. The van der Waals surface area contributed by atoms with E-state index in [4.69, 9.17) is 10.5 Å². The molecular formula is C13H28N4O. The highest BCUT2D eigenvalue weighted by Crippen LogP contribution is 2.00. The summed E-state index contributed by atoms with van der Waals surface area (Å²) in [5, 5.41) is 0. The van der Waals surface area contributed by atoms with Gasteiger partial charge in [0.05, 0.1) is 13.2 Å². The van der Waals surface area contributed by atoms with Crippen LogP contribution in [0.3, 0.4) is 0 Å². The summed E-state index contributed by atoms with van der Waals surface area (Å²) in [6.07, 6.45) is 2.30. The summed E-state index contributed by atoms with van der Waals surface area (Å²) in [6, 6.07) is 0. The second kappa shape index (κ2) is 9.16. The third kappa shape index (κ3) is 5.69. The Morgan fingerprint density at radius 2 is 1.89 bits per heavy atom. The van der Waals surface area contributed by atoms with Crippen LogP contribution in [0.5, 0.6) is 0 Å². The lowest BCUT2D eigenvalue weighted by Gasteiger charge is -2.26. The molecule has 1 fully saturated rings. The molecule has 0 spiro atoms. The van der Waals surface area contributed by atoms with E-state index in [1.807, 2.05) is 0 Å². The van der Waals surface area contributed by atoms with Crippen molar-refractivity contribution in [2.24, 2.45) is 10.7 Å². The number of hydrogen-bond donors (Lipinski definition) is 1. The molecule has 0 aromatic rings. The molecule has 0 unspecified atom stereocenters. The van der Waals surface area contributed by atoms with Gasteiger partial charge in [-0.3, -0.25) is 9.89 Å². The highest BCUT2D eigenvalue weighted by Gasteiger charge is 2.08. The Balaban J connectivity index is 2.08. The van der Waals surface area contributed by atoms with Gasteiger partial charge < -0.3 is 15.4 Å². The van der Waals surface area contributed by atoms with Crippen LogP contribution in [0.25, 0.3) is 0 Å². The van der Waals surface area contributed by atoms with Gasteiger partial charge in [-0.15, -0.1) is 0 Å². The van der Waals surface area contributed by atoms with Crippen molar-refractivity contribution in [3.8, 4) is 0 Å². The molecule has 0 aromatic heterocycles. The molecule has 1 rings (SSSR count). The highest BCUT2D eigenvalue weighted by molar-refractivity contribution is 5.77. The van der Waals surface area contributed by atoms with Crippen LogP contribution in [0.2, 0.25) is 0 Å². The zero-order valence-corrected chi connectivity index (χ0v) is 11.9. The Hall–Kier alpha value is -0.810. The highest BCUT2D eigenvalue weighted by atomic mass is 16.5. The fraction of sp³-hybridized carbons (Fsp3) is 0.923. The van der Waals surface area contributed by atoms with Crippen molar-refractivity contribution < 1.29 is 4.74 Å². The normalized spacial score (nSPS) is 18.0. The Morgan fingerprint density at radius 3 is 2.50 bits per heavy atom. The van der Waals surface area contributed by atoms with Gasteiger partial charge in [-0.05, 0) is 33.2 Å². The maximum absolute atomic E-state index is 5.91. The van der Waals surface area contributed by atoms with Crippen molar-refractivity contribution >= 4 is 5.96 Å². The smallest absolute Gasteiger partial charge is 0.191 e. The Labute approximate surface area is 111 Å². The third-order valence-electron chi connectivity index (χ3n) is 3.35. The van der Waals surface area contributed by atoms with Gasteiger partial charge in [0.25, 0.3) is 0 Å².